The van der Waals surface area contributed by atoms with E-state index in [1.807, 2.05) is 0 Å². The molecule has 0 amide bonds. The molecule has 4 rings (SSSR count). The molecule has 2 fully saturated rings. The van der Waals surface area contributed by atoms with Crippen LogP contribution in [-0.2, 0) is 14.0 Å². The van der Waals surface area contributed by atoms with Gasteiger partial charge in [-0.1, -0.05) is 81.4 Å². The van der Waals surface area contributed by atoms with Gasteiger partial charge in [-0.3, -0.25) is 9.69 Å². The topological polar surface area (TPSA) is 38.8 Å². The summed E-state index contributed by atoms with van der Waals surface area (Å²) < 4.78 is 12.4. The smallest absolute Gasteiger partial charge is 0.326 e. The zero-order valence-electron chi connectivity index (χ0n) is 19.3. The molecule has 0 N–H and O–H groups in total. The number of ether oxygens (including phenoxy) is 1. The molecule has 2 atom stereocenters. The molecule has 0 aromatic heterocycles. The summed E-state index contributed by atoms with van der Waals surface area (Å²) in [7, 11) is -1.05. The van der Waals surface area contributed by atoms with Gasteiger partial charge in [0.2, 0.25) is 0 Å². The van der Waals surface area contributed by atoms with Crippen molar-refractivity contribution in [1.82, 2.24) is 4.90 Å². The fraction of sp³-hybridized carbons (Fsp3) is 0.500. The quantitative estimate of drug-likeness (QED) is 0.510. The minimum absolute atomic E-state index is 0.0429. The third-order valence-corrected chi connectivity index (χ3v) is 12.4. The number of carbonyl (C=O) groups excluding carboxylic acids is 1. The molecule has 2 aromatic carbocycles. The molecular formula is C26H35NO3Si. The first-order chi connectivity index (χ1) is 14.8. The lowest BCUT2D eigenvalue weighted by Crippen LogP contribution is -2.67. The molecule has 0 radical (unpaired) electrons. The lowest BCUT2D eigenvalue weighted by molar-refractivity contribution is -0.152. The second-order valence-corrected chi connectivity index (χ2v) is 14.3. The van der Waals surface area contributed by atoms with Gasteiger partial charge in [0.15, 0.2) is 0 Å². The molecular weight excluding hydrogens is 402 g/mol. The Bertz CT molecular complexity index is 856. The summed E-state index contributed by atoms with van der Waals surface area (Å²) in [6, 6.07) is 21.8. The summed E-state index contributed by atoms with van der Waals surface area (Å²) in [4.78, 5) is 15.1. The van der Waals surface area contributed by atoms with E-state index in [2.05, 4.69) is 86.3 Å². The number of hydrogen-bond donors (Lipinski definition) is 0. The van der Waals surface area contributed by atoms with Gasteiger partial charge in [-0.2, -0.15) is 0 Å². The second kappa shape index (κ2) is 8.53. The zero-order chi connectivity index (χ0) is 22.1. The molecule has 1 unspecified atom stereocenters. The predicted molar refractivity (Wildman–Crippen MR) is 127 cm³/mol. The Kier molecular flexibility index (Phi) is 6.12. The Balaban J connectivity index is 1.69. The van der Waals surface area contributed by atoms with E-state index < -0.39 is 13.9 Å². The van der Waals surface area contributed by atoms with E-state index in [0.29, 0.717) is 6.61 Å². The van der Waals surface area contributed by atoms with Gasteiger partial charge >= 0.3 is 5.97 Å². The number of fused-ring (bicyclic) bond motifs is 1. The van der Waals surface area contributed by atoms with Gasteiger partial charge < -0.3 is 9.16 Å². The Morgan fingerprint density at radius 2 is 1.61 bits per heavy atom. The van der Waals surface area contributed by atoms with Crippen LogP contribution in [0.1, 0.15) is 46.5 Å². The number of methoxy groups -OCH3 is 1. The van der Waals surface area contributed by atoms with Crippen LogP contribution in [0.25, 0.3) is 0 Å². The summed E-state index contributed by atoms with van der Waals surface area (Å²) >= 11 is 0. The molecule has 166 valence electrons. The molecule has 0 spiro atoms. The number of carbonyl (C=O) groups is 1. The average Bonchev–Trinajstić information content (AvgIpc) is 3.35. The van der Waals surface area contributed by atoms with E-state index in [-0.39, 0.29) is 17.0 Å². The van der Waals surface area contributed by atoms with Crippen molar-refractivity contribution in [3.8, 4) is 0 Å². The van der Waals surface area contributed by atoms with Crippen molar-refractivity contribution in [2.24, 2.45) is 0 Å². The highest BCUT2D eigenvalue weighted by atomic mass is 28.4. The second-order valence-electron chi connectivity index (χ2n) is 9.99. The number of nitrogens with zero attached hydrogens (tertiary/aromatic N) is 1. The Labute approximate surface area is 187 Å². The van der Waals surface area contributed by atoms with E-state index in [4.69, 9.17) is 9.16 Å². The Morgan fingerprint density at radius 3 is 2.13 bits per heavy atom. The predicted octanol–water partition coefficient (Wildman–Crippen LogP) is 3.73. The van der Waals surface area contributed by atoms with E-state index in [1.54, 1.807) is 0 Å². The monoisotopic (exact) mass is 437 g/mol. The molecule has 31 heavy (non-hydrogen) atoms. The molecule has 0 bridgehead atoms. The molecule has 2 aliphatic heterocycles. The van der Waals surface area contributed by atoms with Gasteiger partial charge in [0.25, 0.3) is 8.32 Å². The van der Waals surface area contributed by atoms with Gasteiger partial charge in [0, 0.05) is 6.04 Å². The molecule has 2 saturated heterocycles. The van der Waals surface area contributed by atoms with Gasteiger partial charge in [0.05, 0.1) is 13.7 Å². The first-order valence-corrected chi connectivity index (χ1v) is 13.4. The zero-order valence-corrected chi connectivity index (χ0v) is 20.3. The largest absolute Gasteiger partial charge is 0.468 e. The highest BCUT2D eigenvalue weighted by Crippen LogP contribution is 2.44. The first kappa shape index (κ1) is 22.2. The molecule has 0 saturated carbocycles. The summed E-state index contributed by atoms with van der Waals surface area (Å²) in [5, 5.41) is 2.55. The Hall–Kier alpha value is -1.95. The van der Waals surface area contributed by atoms with Gasteiger partial charge in [-0.05, 0) is 47.6 Å². The van der Waals surface area contributed by atoms with Crippen LogP contribution in [0.2, 0.25) is 5.04 Å². The minimum atomic E-state index is -2.56. The summed E-state index contributed by atoms with van der Waals surface area (Å²) in [5.74, 6) is -0.0713. The third-order valence-electron chi connectivity index (χ3n) is 7.35. The molecule has 0 aliphatic carbocycles. The Morgan fingerprint density at radius 1 is 1.03 bits per heavy atom. The molecule has 2 aromatic rings. The van der Waals surface area contributed by atoms with Crippen LogP contribution in [0.3, 0.4) is 0 Å². The van der Waals surface area contributed by atoms with Crippen molar-refractivity contribution in [3.63, 3.8) is 0 Å². The minimum Gasteiger partial charge on any atom is -0.468 e. The lowest BCUT2D eigenvalue weighted by Gasteiger charge is -2.44. The van der Waals surface area contributed by atoms with Gasteiger partial charge in [0.1, 0.15) is 5.54 Å². The molecule has 2 heterocycles. The van der Waals surface area contributed by atoms with Crippen LogP contribution in [0.15, 0.2) is 60.7 Å². The summed E-state index contributed by atoms with van der Waals surface area (Å²) in [5.41, 5.74) is -0.436. The van der Waals surface area contributed by atoms with E-state index in [0.717, 1.165) is 32.2 Å². The van der Waals surface area contributed by atoms with Crippen LogP contribution in [0.5, 0.6) is 0 Å². The van der Waals surface area contributed by atoms with E-state index in [9.17, 15) is 4.79 Å². The highest BCUT2D eigenvalue weighted by Gasteiger charge is 2.56. The van der Waals surface area contributed by atoms with Crippen molar-refractivity contribution in [2.75, 3.05) is 20.3 Å². The molecule has 2 aliphatic rings. The fourth-order valence-electron chi connectivity index (χ4n) is 5.93. The number of rotatable bonds is 6. The summed E-state index contributed by atoms with van der Waals surface area (Å²) in [6.45, 7) is 8.52. The SMILES string of the molecule is COC(=O)C12CCCN1[C@H](CO[Si](c1ccccc1)(c1ccccc1)C(C)(C)C)CC2. The van der Waals surface area contributed by atoms with Crippen LogP contribution in [0, 0.1) is 0 Å². The standard InChI is InChI=1S/C26H35NO3Si/c1-25(2,3)31(22-12-7-5-8-13-22,23-14-9-6-10-15-23)30-20-21-16-18-26(24(28)29-4)17-11-19-27(21)26/h5-10,12-15,21H,11,16-20H2,1-4H3/t21-,26?/m0/s1. The van der Waals surface area contributed by atoms with Crippen LogP contribution < -0.4 is 10.4 Å². The normalized spacial score (nSPS) is 24.2. The van der Waals surface area contributed by atoms with E-state index >= 15 is 0 Å². The summed E-state index contributed by atoms with van der Waals surface area (Å²) in [6.07, 6.45) is 3.79. The van der Waals surface area contributed by atoms with Gasteiger partial charge in [-0.25, -0.2) is 0 Å². The highest BCUT2D eigenvalue weighted by molar-refractivity contribution is 6.99. The first-order valence-electron chi connectivity index (χ1n) is 11.5. The van der Waals surface area contributed by atoms with Crippen LogP contribution in [0.4, 0.5) is 0 Å². The maximum absolute atomic E-state index is 12.7. The number of benzene rings is 2. The van der Waals surface area contributed by atoms with Gasteiger partial charge in [-0.15, -0.1) is 0 Å². The average molecular weight is 438 g/mol. The van der Waals surface area contributed by atoms with E-state index in [1.165, 1.54) is 17.5 Å². The maximum atomic E-state index is 12.7. The lowest BCUT2D eigenvalue weighted by atomic mass is 9.94. The number of esters is 1. The van der Waals surface area contributed by atoms with Crippen LogP contribution in [-0.4, -0.2) is 51.0 Å². The number of hydrogen-bond acceptors (Lipinski definition) is 4. The van der Waals surface area contributed by atoms with Crippen molar-refractivity contribution in [2.45, 2.75) is 63.1 Å². The fourth-order valence-corrected chi connectivity index (χ4v) is 10.5. The molecule has 4 nitrogen and oxygen atoms in total. The van der Waals surface area contributed by atoms with Crippen molar-refractivity contribution in [3.05, 3.63) is 60.7 Å². The van der Waals surface area contributed by atoms with Crippen molar-refractivity contribution < 1.29 is 14.0 Å². The third kappa shape index (κ3) is 3.67. The van der Waals surface area contributed by atoms with Crippen molar-refractivity contribution in [1.29, 1.82) is 0 Å². The van der Waals surface area contributed by atoms with Crippen LogP contribution >= 0.6 is 0 Å². The molecule has 5 heteroatoms. The van der Waals surface area contributed by atoms with Crippen molar-refractivity contribution >= 4 is 24.7 Å². The maximum Gasteiger partial charge on any atom is 0.326 e.